The standard InChI is InChI=1S/C30H31F3N4O5S/c1-29(2,3)21-10-8-19(9-11-21)23(16-18-4-6-20(7-5-18)26(38)34-14-15-43(40)41)27(39)37-28-35-24-13-12-22(17-25(24)36-28)42-30(31,32)33/h4-13,17,23H,14-16H2,1-3H3,(H,34,38)(H,40,41)(H2,35,36,37,39). The van der Waals surface area contributed by atoms with Crippen LogP contribution >= 0.6 is 0 Å². The molecule has 13 heteroatoms. The molecule has 2 atom stereocenters. The van der Waals surface area contributed by atoms with Crippen LogP contribution in [-0.2, 0) is 27.7 Å². The first-order valence-corrected chi connectivity index (χ1v) is 14.6. The number of imidazole rings is 1. The fraction of sp³-hybridized carbons (Fsp3) is 0.300. The quantitative estimate of drug-likeness (QED) is 0.170. The molecule has 0 aliphatic carbocycles. The summed E-state index contributed by atoms with van der Waals surface area (Å²) in [4.78, 5) is 33.1. The highest BCUT2D eigenvalue weighted by atomic mass is 32.2. The third-order valence-corrected chi connectivity index (χ3v) is 7.20. The lowest BCUT2D eigenvalue weighted by Gasteiger charge is -2.21. The van der Waals surface area contributed by atoms with Crippen molar-refractivity contribution in [2.24, 2.45) is 0 Å². The van der Waals surface area contributed by atoms with Crippen LogP contribution in [0.4, 0.5) is 19.1 Å². The summed E-state index contributed by atoms with van der Waals surface area (Å²) in [7, 11) is 0. The number of H-pyrrole nitrogens is 1. The van der Waals surface area contributed by atoms with E-state index in [1.54, 1.807) is 24.3 Å². The summed E-state index contributed by atoms with van der Waals surface area (Å²) in [5, 5.41) is 5.32. The molecule has 0 spiro atoms. The van der Waals surface area contributed by atoms with Crippen LogP contribution in [0.2, 0.25) is 0 Å². The fourth-order valence-corrected chi connectivity index (χ4v) is 4.68. The van der Waals surface area contributed by atoms with Crippen LogP contribution in [0.25, 0.3) is 11.0 Å². The van der Waals surface area contributed by atoms with Gasteiger partial charge in [-0.3, -0.25) is 14.9 Å². The van der Waals surface area contributed by atoms with E-state index in [4.69, 9.17) is 4.55 Å². The lowest BCUT2D eigenvalue weighted by molar-refractivity contribution is -0.274. The molecule has 4 aromatic rings. The number of alkyl halides is 3. The Bertz CT molecular complexity index is 1610. The van der Waals surface area contributed by atoms with Crippen molar-refractivity contribution in [2.75, 3.05) is 17.6 Å². The van der Waals surface area contributed by atoms with Gasteiger partial charge in [0, 0.05) is 18.2 Å². The van der Waals surface area contributed by atoms with Gasteiger partial charge in [-0.2, -0.15) is 0 Å². The summed E-state index contributed by atoms with van der Waals surface area (Å²) in [5.74, 6) is -1.89. The summed E-state index contributed by atoms with van der Waals surface area (Å²) in [6.07, 6.45) is -4.57. The number of amides is 2. The predicted molar refractivity (Wildman–Crippen MR) is 157 cm³/mol. The van der Waals surface area contributed by atoms with Crippen LogP contribution in [0.15, 0.2) is 66.7 Å². The van der Waals surface area contributed by atoms with Crippen molar-refractivity contribution < 1.29 is 36.3 Å². The molecule has 1 aromatic heterocycles. The van der Waals surface area contributed by atoms with E-state index >= 15 is 0 Å². The smallest absolute Gasteiger partial charge is 0.406 e. The van der Waals surface area contributed by atoms with Crippen molar-refractivity contribution in [2.45, 2.75) is 44.9 Å². The maximum Gasteiger partial charge on any atom is 0.573 e. The molecule has 9 nitrogen and oxygen atoms in total. The van der Waals surface area contributed by atoms with Crippen molar-refractivity contribution in [3.8, 4) is 5.75 Å². The number of carbonyl (C=O) groups is 2. The maximum absolute atomic E-state index is 13.6. The van der Waals surface area contributed by atoms with Crippen molar-refractivity contribution in [1.29, 1.82) is 0 Å². The van der Waals surface area contributed by atoms with E-state index in [9.17, 15) is 27.0 Å². The number of rotatable bonds is 10. The van der Waals surface area contributed by atoms with Crippen molar-refractivity contribution in [3.63, 3.8) is 0 Å². The number of nitrogens with one attached hydrogen (secondary N) is 3. The predicted octanol–water partition coefficient (Wildman–Crippen LogP) is 5.68. The van der Waals surface area contributed by atoms with Gasteiger partial charge < -0.3 is 19.6 Å². The molecule has 0 aliphatic heterocycles. The summed E-state index contributed by atoms with van der Waals surface area (Å²) in [6.45, 7) is 6.30. The summed E-state index contributed by atoms with van der Waals surface area (Å²) in [5.41, 5.74) is 3.45. The average Bonchev–Trinajstić information content (AvgIpc) is 3.31. The zero-order valence-electron chi connectivity index (χ0n) is 23.6. The number of anilines is 1. The molecular formula is C30H31F3N4O5S. The van der Waals surface area contributed by atoms with E-state index in [1.165, 1.54) is 6.07 Å². The molecule has 228 valence electrons. The van der Waals surface area contributed by atoms with Crippen LogP contribution in [0.3, 0.4) is 0 Å². The van der Waals surface area contributed by atoms with Crippen LogP contribution in [0.1, 0.15) is 53.7 Å². The number of hydrogen-bond acceptors (Lipinski definition) is 5. The Labute approximate surface area is 248 Å². The Kier molecular flexibility index (Phi) is 9.55. The highest BCUT2D eigenvalue weighted by molar-refractivity contribution is 7.79. The van der Waals surface area contributed by atoms with Gasteiger partial charge in [-0.1, -0.05) is 57.2 Å². The Hall–Kier alpha value is -4.23. The fourth-order valence-electron chi connectivity index (χ4n) is 4.41. The Balaban J connectivity index is 1.56. The van der Waals surface area contributed by atoms with Crippen molar-refractivity contribution in [3.05, 3.63) is 89.0 Å². The summed E-state index contributed by atoms with van der Waals surface area (Å²) in [6, 6.07) is 18.0. The van der Waals surface area contributed by atoms with Gasteiger partial charge in [0.05, 0.1) is 22.7 Å². The van der Waals surface area contributed by atoms with Gasteiger partial charge in [0.2, 0.25) is 11.9 Å². The molecule has 43 heavy (non-hydrogen) atoms. The summed E-state index contributed by atoms with van der Waals surface area (Å²) >= 11 is -2.01. The number of aromatic amines is 1. The molecule has 0 bridgehead atoms. The first-order valence-electron chi connectivity index (χ1n) is 13.3. The maximum atomic E-state index is 13.6. The van der Waals surface area contributed by atoms with Crippen LogP contribution < -0.4 is 15.4 Å². The van der Waals surface area contributed by atoms with Gasteiger partial charge in [-0.15, -0.1) is 13.2 Å². The highest BCUT2D eigenvalue weighted by Crippen LogP contribution is 2.29. The minimum atomic E-state index is -4.84. The molecule has 3 aromatic carbocycles. The molecule has 0 saturated carbocycles. The highest BCUT2D eigenvalue weighted by Gasteiger charge is 2.31. The topological polar surface area (TPSA) is 133 Å². The Morgan fingerprint density at radius 2 is 1.70 bits per heavy atom. The van der Waals surface area contributed by atoms with Crippen LogP contribution in [0.5, 0.6) is 5.75 Å². The normalized spacial score (nSPS) is 13.4. The Morgan fingerprint density at radius 3 is 2.30 bits per heavy atom. The molecule has 4 rings (SSSR count). The minimum Gasteiger partial charge on any atom is -0.406 e. The van der Waals surface area contributed by atoms with E-state index in [0.29, 0.717) is 11.1 Å². The number of nitrogens with zero attached hydrogens (tertiary/aromatic N) is 1. The molecule has 2 unspecified atom stereocenters. The van der Waals surface area contributed by atoms with Crippen molar-refractivity contribution >= 4 is 39.9 Å². The molecule has 1 heterocycles. The van der Waals surface area contributed by atoms with E-state index < -0.39 is 40.9 Å². The second-order valence-electron chi connectivity index (χ2n) is 10.9. The van der Waals surface area contributed by atoms with E-state index in [0.717, 1.165) is 28.8 Å². The van der Waals surface area contributed by atoms with Gasteiger partial charge in [0.1, 0.15) is 5.75 Å². The first kappa shape index (κ1) is 31.7. The van der Waals surface area contributed by atoms with Crippen LogP contribution in [-0.4, -0.2) is 49.2 Å². The SMILES string of the molecule is CC(C)(C)c1ccc(C(Cc2ccc(C(=O)NCCS(=O)O)cc2)C(=O)Nc2nc3ccc(OC(F)(F)F)cc3[nH]2)cc1. The zero-order chi connectivity index (χ0) is 31.4. The third-order valence-electron chi connectivity index (χ3n) is 6.64. The monoisotopic (exact) mass is 616 g/mol. The number of carbonyl (C=O) groups excluding carboxylic acids is 2. The molecule has 2 amide bonds. The van der Waals surface area contributed by atoms with Gasteiger partial charge >= 0.3 is 6.36 Å². The molecular weight excluding hydrogens is 585 g/mol. The first-order chi connectivity index (χ1) is 20.2. The zero-order valence-corrected chi connectivity index (χ0v) is 24.4. The number of ether oxygens (including phenoxy) is 1. The van der Waals surface area contributed by atoms with Gasteiger partial charge in [0.25, 0.3) is 5.91 Å². The lowest BCUT2D eigenvalue weighted by Crippen LogP contribution is -2.27. The van der Waals surface area contributed by atoms with E-state index in [1.807, 2.05) is 24.3 Å². The van der Waals surface area contributed by atoms with E-state index in [2.05, 4.69) is 46.1 Å². The van der Waals surface area contributed by atoms with Crippen molar-refractivity contribution in [1.82, 2.24) is 15.3 Å². The van der Waals surface area contributed by atoms with Gasteiger partial charge in [-0.05, 0) is 52.8 Å². The summed E-state index contributed by atoms with van der Waals surface area (Å²) < 4.78 is 61.5. The molecule has 4 N–H and O–H groups in total. The largest absolute Gasteiger partial charge is 0.573 e. The minimum absolute atomic E-state index is 0.0506. The van der Waals surface area contributed by atoms with Gasteiger partial charge in [-0.25, -0.2) is 9.19 Å². The number of benzene rings is 3. The lowest BCUT2D eigenvalue weighted by atomic mass is 9.84. The molecule has 0 radical (unpaired) electrons. The van der Waals surface area contributed by atoms with Gasteiger partial charge in [0.15, 0.2) is 11.1 Å². The third kappa shape index (κ3) is 8.88. The average molecular weight is 617 g/mol. The number of hydrogen-bond donors (Lipinski definition) is 4. The Morgan fingerprint density at radius 1 is 1.02 bits per heavy atom. The number of halogens is 3. The van der Waals surface area contributed by atoms with Crippen LogP contribution in [0, 0.1) is 0 Å². The molecule has 0 aliphatic rings. The second-order valence-corrected chi connectivity index (χ2v) is 12.0. The number of fused-ring (bicyclic) bond motifs is 1. The number of aromatic nitrogens is 2. The second kappa shape index (κ2) is 13.0. The molecule has 0 fully saturated rings. The molecule has 0 saturated heterocycles. The van der Waals surface area contributed by atoms with E-state index in [-0.39, 0.29) is 35.6 Å².